The lowest BCUT2D eigenvalue weighted by molar-refractivity contribution is 0.607. The Kier molecular flexibility index (Phi) is 5.58. The molecule has 0 radical (unpaired) electrons. The quantitative estimate of drug-likeness (QED) is 0.506. The number of sulfonamides is 1. The van der Waals surface area contributed by atoms with Crippen molar-refractivity contribution in [3.63, 3.8) is 0 Å². The summed E-state index contributed by atoms with van der Waals surface area (Å²) in [5.74, 6) is 0. The SMILES string of the molecule is CS(=O)(=O)Nc1cccnc1-c1cc(-c2ccccc2C#N)c(=O)n(-c2ccccc2)c1. The number of benzene rings is 2. The normalized spacial score (nSPS) is 11.0. The number of nitrogens with one attached hydrogen (secondary N) is 1. The van der Waals surface area contributed by atoms with Crippen molar-refractivity contribution in [2.24, 2.45) is 0 Å². The highest BCUT2D eigenvalue weighted by Crippen LogP contribution is 2.30. The number of nitrogens with zero attached hydrogens (tertiary/aromatic N) is 3. The number of anilines is 1. The van der Waals surface area contributed by atoms with E-state index in [4.69, 9.17) is 0 Å². The summed E-state index contributed by atoms with van der Waals surface area (Å²) in [6.45, 7) is 0. The van der Waals surface area contributed by atoms with Crippen molar-refractivity contribution in [1.82, 2.24) is 9.55 Å². The topological polar surface area (TPSA) is 105 Å². The molecule has 4 rings (SSSR count). The molecule has 0 spiro atoms. The van der Waals surface area contributed by atoms with Gasteiger partial charge in [0, 0.05) is 34.8 Å². The van der Waals surface area contributed by atoms with Gasteiger partial charge in [0.1, 0.15) is 0 Å². The van der Waals surface area contributed by atoms with Crippen LogP contribution in [0.1, 0.15) is 5.56 Å². The zero-order valence-electron chi connectivity index (χ0n) is 17.1. The van der Waals surface area contributed by atoms with Gasteiger partial charge in [0.25, 0.3) is 5.56 Å². The van der Waals surface area contributed by atoms with Crippen LogP contribution in [-0.2, 0) is 10.0 Å². The lowest BCUT2D eigenvalue weighted by Gasteiger charge is -2.15. The number of rotatable bonds is 5. The van der Waals surface area contributed by atoms with Gasteiger partial charge in [-0.2, -0.15) is 5.26 Å². The summed E-state index contributed by atoms with van der Waals surface area (Å²) in [6, 6.07) is 22.9. The van der Waals surface area contributed by atoms with Gasteiger partial charge in [-0.25, -0.2) is 8.42 Å². The molecule has 0 saturated carbocycles. The molecule has 2 heterocycles. The van der Waals surface area contributed by atoms with Gasteiger partial charge in [0.2, 0.25) is 10.0 Å². The molecule has 0 fully saturated rings. The highest BCUT2D eigenvalue weighted by Gasteiger charge is 2.17. The Morgan fingerprint density at radius 3 is 2.41 bits per heavy atom. The van der Waals surface area contributed by atoms with Gasteiger partial charge in [-0.1, -0.05) is 36.4 Å². The molecule has 0 atom stereocenters. The number of hydrogen-bond acceptors (Lipinski definition) is 5. The van der Waals surface area contributed by atoms with E-state index in [-0.39, 0.29) is 11.2 Å². The van der Waals surface area contributed by atoms with Gasteiger partial charge >= 0.3 is 0 Å². The standard InChI is InChI=1S/C24H18N4O3S/c1-32(30,31)27-22-12-7-13-26-23(22)18-14-21(20-11-6-5-8-17(20)15-25)24(29)28(16-18)19-9-3-2-4-10-19/h2-14,16,27H,1H3. The maximum atomic E-state index is 13.5. The third kappa shape index (κ3) is 4.29. The van der Waals surface area contributed by atoms with Crippen LogP contribution in [-0.4, -0.2) is 24.2 Å². The van der Waals surface area contributed by atoms with Gasteiger partial charge in [-0.3, -0.25) is 19.1 Å². The summed E-state index contributed by atoms with van der Waals surface area (Å²) in [5, 5.41) is 9.57. The first-order valence-corrected chi connectivity index (χ1v) is 11.5. The van der Waals surface area contributed by atoms with Gasteiger partial charge < -0.3 is 0 Å². The number of pyridine rings is 2. The van der Waals surface area contributed by atoms with Crippen LogP contribution in [0.4, 0.5) is 5.69 Å². The van der Waals surface area contributed by atoms with Crippen molar-refractivity contribution < 1.29 is 8.42 Å². The second-order valence-corrected chi connectivity index (χ2v) is 8.83. The molecule has 2 aromatic heterocycles. The minimum atomic E-state index is -3.55. The van der Waals surface area contributed by atoms with Crippen LogP contribution >= 0.6 is 0 Å². The molecule has 0 amide bonds. The van der Waals surface area contributed by atoms with Crippen LogP contribution in [0.2, 0.25) is 0 Å². The summed E-state index contributed by atoms with van der Waals surface area (Å²) < 4.78 is 27.7. The molecule has 158 valence electrons. The first kappa shape index (κ1) is 21.0. The summed E-state index contributed by atoms with van der Waals surface area (Å²) in [5.41, 5.74) is 2.63. The van der Waals surface area contributed by atoms with E-state index in [1.54, 1.807) is 67.0 Å². The predicted molar refractivity (Wildman–Crippen MR) is 124 cm³/mol. The average molecular weight is 443 g/mol. The second-order valence-electron chi connectivity index (χ2n) is 7.08. The zero-order valence-corrected chi connectivity index (χ0v) is 17.9. The van der Waals surface area contributed by atoms with E-state index >= 15 is 0 Å². The van der Waals surface area contributed by atoms with E-state index in [0.717, 1.165) is 6.26 Å². The van der Waals surface area contributed by atoms with E-state index < -0.39 is 10.0 Å². The van der Waals surface area contributed by atoms with Gasteiger partial charge in [0.15, 0.2) is 0 Å². The molecule has 0 saturated heterocycles. The number of hydrogen-bond donors (Lipinski definition) is 1. The monoisotopic (exact) mass is 442 g/mol. The van der Waals surface area contributed by atoms with Crippen LogP contribution in [0.3, 0.4) is 0 Å². The molecule has 8 heteroatoms. The van der Waals surface area contributed by atoms with E-state index in [1.165, 1.54) is 4.57 Å². The molecule has 0 aliphatic rings. The minimum Gasteiger partial charge on any atom is -0.283 e. The fourth-order valence-corrected chi connectivity index (χ4v) is 3.98. The van der Waals surface area contributed by atoms with Crippen molar-refractivity contribution in [2.45, 2.75) is 0 Å². The first-order chi connectivity index (χ1) is 15.4. The lowest BCUT2D eigenvalue weighted by Crippen LogP contribution is -2.20. The Balaban J connectivity index is 2.04. The summed E-state index contributed by atoms with van der Waals surface area (Å²) in [6.07, 6.45) is 4.22. The van der Waals surface area contributed by atoms with E-state index in [2.05, 4.69) is 15.8 Å². The summed E-state index contributed by atoms with van der Waals surface area (Å²) in [7, 11) is -3.55. The van der Waals surface area contributed by atoms with Crippen molar-refractivity contribution >= 4 is 15.7 Å². The molecular weight excluding hydrogens is 424 g/mol. The van der Waals surface area contributed by atoms with Gasteiger partial charge in [-0.15, -0.1) is 0 Å². The maximum Gasteiger partial charge on any atom is 0.263 e. The fourth-order valence-electron chi connectivity index (χ4n) is 3.42. The summed E-state index contributed by atoms with van der Waals surface area (Å²) >= 11 is 0. The molecule has 0 aliphatic heterocycles. The van der Waals surface area contributed by atoms with Gasteiger partial charge in [0.05, 0.1) is 29.3 Å². The largest absolute Gasteiger partial charge is 0.283 e. The Morgan fingerprint density at radius 2 is 1.69 bits per heavy atom. The Labute approximate surface area is 185 Å². The van der Waals surface area contributed by atoms with E-state index in [0.29, 0.717) is 33.6 Å². The molecule has 2 aromatic carbocycles. The summed E-state index contributed by atoms with van der Waals surface area (Å²) in [4.78, 5) is 17.8. The van der Waals surface area contributed by atoms with Gasteiger partial charge in [-0.05, 0) is 36.4 Å². The molecule has 0 aliphatic carbocycles. The van der Waals surface area contributed by atoms with Crippen LogP contribution in [0.25, 0.3) is 28.1 Å². The van der Waals surface area contributed by atoms with Crippen molar-refractivity contribution in [1.29, 1.82) is 5.26 Å². The zero-order chi connectivity index (χ0) is 22.7. The Bertz CT molecular complexity index is 1500. The van der Waals surface area contributed by atoms with E-state index in [9.17, 15) is 18.5 Å². The van der Waals surface area contributed by atoms with Crippen LogP contribution < -0.4 is 10.3 Å². The minimum absolute atomic E-state index is 0.285. The van der Waals surface area contributed by atoms with Crippen molar-refractivity contribution in [3.05, 3.63) is 101 Å². The van der Waals surface area contributed by atoms with E-state index in [1.807, 2.05) is 18.2 Å². The molecule has 0 bridgehead atoms. The first-order valence-electron chi connectivity index (χ1n) is 9.62. The highest BCUT2D eigenvalue weighted by atomic mass is 32.2. The number of aromatic nitrogens is 2. The number of para-hydroxylation sites is 1. The average Bonchev–Trinajstić information content (AvgIpc) is 2.79. The molecule has 7 nitrogen and oxygen atoms in total. The third-order valence-electron chi connectivity index (χ3n) is 4.77. The second kappa shape index (κ2) is 8.49. The molecular formula is C24H18N4O3S. The number of nitriles is 1. The lowest BCUT2D eigenvalue weighted by atomic mass is 9.99. The van der Waals surface area contributed by atoms with Crippen LogP contribution in [0.5, 0.6) is 0 Å². The molecule has 0 unspecified atom stereocenters. The molecule has 32 heavy (non-hydrogen) atoms. The van der Waals surface area contributed by atoms with Crippen LogP contribution in [0, 0.1) is 11.3 Å². The highest BCUT2D eigenvalue weighted by molar-refractivity contribution is 7.92. The molecule has 4 aromatic rings. The van der Waals surface area contributed by atoms with Crippen LogP contribution in [0.15, 0.2) is 90.0 Å². The Hall–Kier alpha value is -4.22. The third-order valence-corrected chi connectivity index (χ3v) is 5.36. The fraction of sp³-hybridized carbons (Fsp3) is 0.0417. The smallest absolute Gasteiger partial charge is 0.263 e. The maximum absolute atomic E-state index is 13.5. The molecule has 1 N–H and O–H groups in total. The Morgan fingerprint density at radius 1 is 0.969 bits per heavy atom. The van der Waals surface area contributed by atoms with Crippen molar-refractivity contribution in [3.8, 4) is 34.1 Å². The predicted octanol–water partition coefficient (Wildman–Crippen LogP) is 3.81. The van der Waals surface area contributed by atoms with Crippen molar-refractivity contribution in [2.75, 3.05) is 11.0 Å².